The fourth-order valence-electron chi connectivity index (χ4n) is 5.56. The second kappa shape index (κ2) is 8.76. The van der Waals surface area contributed by atoms with Crippen LogP contribution >= 0.6 is 0 Å². The summed E-state index contributed by atoms with van der Waals surface area (Å²) in [5.74, 6) is 1.88. The molecule has 0 aromatic heterocycles. The maximum atomic E-state index is 9.02. The molecular weight excluding hydrogens is 362 g/mol. The van der Waals surface area contributed by atoms with E-state index in [4.69, 9.17) is 5.41 Å². The highest BCUT2D eigenvalue weighted by molar-refractivity contribution is 6.03. The van der Waals surface area contributed by atoms with E-state index in [9.17, 15) is 0 Å². The summed E-state index contributed by atoms with van der Waals surface area (Å²) in [5.41, 5.74) is 9.23. The van der Waals surface area contributed by atoms with Gasteiger partial charge in [0.2, 0.25) is 0 Å². The van der Waals surface area contributed by atoms with Crippen molar-refractivity contribution in [1.29, 1.82) is 5.41 Å². The van der Waals surface area contributed by atoms with E-state index in [0.29, 0.717) is 23.7 Å². The SMILES string of the molecule is C=C[C@H](C)c1ccc([C@H]2CC[C@H](C(=N)C3=C(C4C(C)=CC=C4C)CC=C3)CC2)cc1. The van der Waals surface area contributed by atoms with E-state index in [-0.39, 0.29) is 0 Å². The van der Waals surface area contributed by atoms with Gasteiger partial charge >= 0.3 is 0 Å². The van der Waals surface area contributed by atoms with Crippen molar-refractivity contribution in [2.24, 2.45) is 11.8 Å². The average molecular weight is 398 g/mol. The Balaban J connectivity index is 1.42. The van der Waals surface area contributed by atoms with Crippen LogP contribution in [0.25, 0.3) is 0 Å². The lowest BCUT2D eigenvalue weighted by atomic mass is 9.74. The quantitative estimate of drug-likeness (QED) is 0.371. The molecule has 1 atom stereocenters. The van der Waals surface area contributed by atoms with Crippen molar-refractivity contribution in [2.45, 2.75) is 64.7 Å². The first-order valence-electron chi connectivity index (χ1n) is 11.5. The Morgan fingerprint density at radius 1 is 1.03 bits per heavy atom. The standard InChI is InChI=1S/C29H35N/c1-5-19(2)22-11-13-23(14-12-22)24-15-17-25(18-16-24)29(30)27-8-6-7-26(27)28-20(3)9-10-21(28)4/h5-6,8-14,19,24-25,28,30H,1,7,15-18H2,2-4H3/t19-,24-,25-/m0/s1. The van der Waals surface area contributed by atoms with Crippen molar-refractivity contribution in [3.8, 4) is 0 Å². The number of hydrogen-bond donors (Lipinski definition) is 1. The molecule has 0 spiro atoms. The first-order valence-corrected chi connectivity index (χ1v) is 11.5. The lowest BCUT2D eigenvalue weighted by Crippen LogP contribution is -2.23. The van der Waals surface area contributed by atoms with E-state index in [1.807, 2.05) is 6.08 Å². The van der Waals surface area contributed by atoms with Gasteiger partial charge in [0.25, 0.3) is 0 Å². The van der Waals surface area contributed by atoms with E-state index in [1.54, 1.807) is 0 Å². The molecule has 0 bridgehead atoms. The fourth-order valence-corrected chi connectivity index (χ4v) is 5.56. The van der Waals surface area contributed by atoms with Gasteiger partial charge in [0.1, 0.15) is 0 Å². The summed E-state index contributed by atoms with van der Waals surface area (Å²) in [6, 6.07) is 9.17. The van der Waals surface area contributed by atoms with Crippen LogP contribution < -0.4 is 0 Å². The Hall–Kier alpha value is -2.41. The van der Waals surface area contributed by atoms with Gasteiger partial charge < -0.3 is 5.41 Å². The molecule has 4 rings (SSSR count). The van der Waals surface area contributed by atoms with E-state index in [2.05, 4.69) is 75.9 Å². The Morgan fingerprint density at radius 2 is 1.67 bits per heavy atom. The Kier molecular flexibility index (Phi) is 6.09. The highest BCUT2D eigenvalue weighted by atomic mass is 14.5. The van der Waals surface area contributed by atoms with Gasteiger partial charge in [-0.2, -0.15) is 0 Å². The van der Waals surface area contributed by atoms with Gasteiger partial charge in [0.05, 0.1) is 0 Å². The summed E-state index contributed by atoms with van der Waals surface area (Å²) in [6.45, 7) is 10.6. The van der Waals surface area contributed by atoms with Crippen LogP contribution in [0.15, 0.2) is 83.5 Å². The summed E-state index contributed by atoms with van der Waals surface area (Å²) in [4.78, 5) is 0. The van der Waals surface area contributed by atoms with Gasteiger partial charge in [-0.3, -0.25) is 0 Å². The lowest BCUT2D eigenvalue weighted by Gasteiger charge is -2.30. The number of benzene rings is 1. The minimum Gasteiger partial charge on any atom is -0.304 e. The molecule has 0 heterocycles. The summed E-state index contributed by atoms with van der Waals surface area (Å²) in [7, 11) is 0. The second-order valence-electron chi connectivity index (χ2n) is 9.45. The van der Waals surface area contributed by atoms with Crippen LogP contribution in [0.5, 0.6) is 0 Å². The molecule has 1 saturated carbocycles. The van der Waals surface area contributed by atoms with Crippen molar-refractivity contribution in [2.75, 3.05) is 0 Å². The molecule has 3 aliphatic carbocycles. The van der Waals surface area contributed by atoms with Gasteiger partial charge in [-0.1, -0.05) is 72.7 Å². The van der Waals surface area contributed by atoms with Crippen molar-refractivity contribution in [3.63, 3.8) is 0 Å². The molecule has 0 aliphatic heterocycles. The lowest BCUT2D eigenvalue weighted by molar-refractivity contribution is 0.391. The fraction of sp³-hybridized carbons (Fsp3) is 0.414. The number of nitrogens with one attached hydrogen (secondary N) is 1. The number of allylic oxidation sites excluding steroid dienone is 9. The largest absolute Gasteiger partial charge is 0.304 e. The molecule has 0 amide bonds. The first-order chi connectivity index (χ1) is 14.5. The third kappa shape index (κ3) is 3.95. The molecule has 0 radical (unpaired) electrons. The zero-order chi connectivity index (χ0) is 21.3. The van der Waals surface area contributed by atoms with Gasteiger partial charge in [-0.05, 0) is 80.1 Å². The maximum Gasteiger partial charge on any atom is 0.0416 e. The minimum atomic E-state index is 0.407. The minimum absolute atomic E-state index is 0.407. The number of hydrogen-bond acceptors (Lipinski definition) is 1. The van der Waals surface area contributed by atoms with Crippen LogP contribution in [0, 0.1) is 17.2 Å². The van der Waals surface area contributed by atoms with Crippen LogP contribution in [0.1, 0.15) is 75.8 Å². The van der Waals surface area contributed by atoms with Crippen molar-refractivity contribution < 1.29 is 0 Å². The average Bonchev–Trinajstić information content (AvgIpc) is 3.38. The molecule has 1 nitrogen and oxygen atoms in total. The normalized spacial score (nSPS) is 25.3. The highest BCUT2D eigenvalue weighted by Crippen LogP contribution is 2.42. The monoisotopic (exact) mass is 397 g/mol. The van der Waals surface area contributed by atoms with Crippen molar-refractivity contribution in [1.82, 2.24) is 0 Å². The van der Waals surface area contributed by atoms with Crippen LogP contribution in [0.4, 0.5) is 0 Å². The van der Waals surface area contributed by atoms with Crippen LogP contribution in [-0.4, -0.2) is 5.71 Å². The van der Waals surface area contributed by atoms with Crippen LogP contribution in [0.3, 0.4) is 0 Å². The van der Waals surface area contributed by atoms with E-state index in [0.717, 1.165) is 25.0 Å². The molecule has 0 saturated heterocycles. The smallest absolute Gasteiger partial charge is 0.0416 e. The summed E-state index contributed by atoms with van der Waals surface area (Å²) >= 11 is 0. The van der Waals surface area contributed by atoms with Crippen LogP contribution in [-0.2, 0) is 0 Å². The highest BCUT2D eigenvalue weighted by Gasteiger charge is 2.31. The molecule has 30 heavy (non-hydrogen) atoms. The van der Waals surface area contributed by atoms with Gasteiger partial charge in [0.15, 0.2) is 0 Å². The molecule has 1 aromatic rings. The third-order valence-corrected chi connectivity index (χ3v) is 7.55. The van der Waals surface area contributed by atoms with Crippen molar-refractivity contribution >= 4 is 5.71 Å². The Morgan fingerprint density at radius 3 is 2.27 bits per heavy atom. The molecular formula is C29H35N. The van der Waals surface area contributed by atoms with Gasteiger partial charge in [-0.15, -0.1) is 6.58 Å². The van der Waals surface area contributed by atoms with Crippen LogP contribution in [0.2, 0.25) is 0 Å². The molecule has 1 fully saturated rings. The second-order valence-corrected chi connectivity index (χ2v) is 9.45. The summed E-state index contributed by atoms with van der Waals surface area (Å²) < 4.78 is 0. The maximum absolute atomic E-state index is 9.02. The van der Waals surface area contributed by atoms with E-state index in [1.165, 1.54) is 46.3 Å². The van der Waals surface area contributed by atoms with Crippen molar-refractivity contribution in [3.05, 3.63) is 94.6 Å². The van der Waals surface area contributed by atoms with E-state index >= 15 is 0 Å². The molecule has 1 aromatic carbocycles. The van der Waals surface area contributed by atoms with Gasteiger partial charge in [-0.25, -0.2) is 0 Å². The Labute approximate surface area is 182 Å². The molecule has 1 N–H and O–H groups in total. The molecule has 156 valence electrons. The first kappa shape index (κ1) is 20.8. The predicted octanol–water partition coefficient (Wildman–Crippen LogP) is 8.05. The third-order valence-electron chi connectivity index (χ3n) is 7.55. The van der Waals surface area contributed by atoms with E-state index < -0.39 is 0 Å². The molecule has 1 heteroatoms. The summed E-state index contributed by atoms with van der Waals surface area (Å²) in [6.07, 6.45) is 16.6. The zero-order valence-electron chi connectivity index (χ0n) is 18.7. The Bertz CT molecular complexity index is 925. The zero-order valence-corrected chi connectivity index (χ0v) is 18.7. The number of rotatable bonds is 6. The summed E-state index contributed by atoms with van der Waals surface area (Å²) in [5, 5.41) is 9.02. The molecule has 3 aliphatic rings. The predicted molar refractivity (Wildman–Crippen MR) is 129 cm³/mol. The molecule has 0 unspecified atom stereocenters. The van der Waals surface area contributed by atoms with Gasteiger partial charge in [0, 0.05) is 17.5 Å². The topological polar surface area (TPSA) is 23.9 Å².